The van der Waals surface area contributed by atoms with Gasteiger partial charge in [-0.05, 0) is 51.3 Å². The predicted molar refractivity (Wildman–Crippen MR) is 92.5 cm³/mol. The van der Waals surface area contributed by atoms with E-state index in [0.717, 1.165) is 36.9 Å². The van der Waals surface area contributed by atoms with Crippen LogP contribution in [0, 0.1) is 12.8 Å². The number of hydrogen-bond acceptors (Lipinski definition) is 5. The Bertz CT molecular complexity index is 605. The van der Waals surface area contributed by atoms with Crippen molar-refractivity contribution in [2.24, 2.45) is 5.92 Å². The van der Waals surface area contributed by atoms with Crippen LogP contribution in [-0.2, 0) is 5.41 Å². The fourth-order valence-electron chi connectivity index (χ4n) is 4.37. The molecule has 4 N–H and O–H groups in total. The van der Waals surface area contributed by atoms with Gasteiger partial charge in [-0.15, -0.1) is 0 Å². The molecule has 3 rings (SSSR count). The summed E-state index contributed by atoms with van der Waals surface area (Å²) in [6.45, 7) is 7.01. The molecule has 0 amide bonds. The van der Waals surface area contributed by atoms with Gasteiger partial charge in [0.25, 0.3) is 0 Å². The number of fused-ring (bicyclic) bond motifs is 3. The number of aryl methyl sites for hydroxylation is 1. The second-order valence-corrected chi connectivity index (χ2v) is 7.68. The van der Waals surface area contributed by atoms with Crippen LogP contribution in [0.5, 0.6) is 11.5 Å². The topological polar surface area (TPSA) is 82.0 Å². The maximum Gasteiger partial charge on any atom is 0.165 e. The van der Waals surface area contributed by atoms with Crippen molar-refractivity contribution < 1.29 is 20.1 Å². The maximum absolute atomic E-state index is 11.0. The molecule has 2 heterocycles. The Morgan fingerprint density at radius 2 is 2.08 bits per heavy atom. The molecular formula is C19H29NO4. The molecule has 0 saturated carbocycles. The van der Waals surface area contributed by atoms with Crippen LogP contribution in [0.15, 0.2) is 12.1 Å². The lowest BCUT2D eigenvalue weighted by molar-refractivity contribution is -0.0455. The average molecular weight is 335 g/mol. The van der Waals surface area contributed by atoms with Crippen molar-refractivity contribution in [3.8, 4) is 11.5 Å². The van der Waals surface area contributed by atoms with E-state index < -0.39 is 17.6 Å². The second kappa shape index (κ2) is 6.54. The van der Waals surface area contributed by atoms with Gasteiger partial charge in [-0.3, -0.25) is 0 Å². The van der Waals surface area contributed by atoms with Crippen molar-refractivity contribution in [3.63, 3.8) is 0 Å². The molecule has 2 aliphatic heterocycles. The fourth-order valence-corrected chi connectivity index (χ4v) is 4.37. The first-order chi connectivity index (χ1) is 11.4. The van der Waals surface area contributed by atoms with Gasteiger partial charge in [-0.1, -0.05) is 13.0 Å². The first-order valence-electron chi connectivity index (χ1n) is 8.90. The smallest absolute Gasteiger partial charge is 0.165 e. The number of rotatable bonds is 1. The van der Waals surface area contributed by atoms with Gasteiger partial charge in [-0.2, -0.15) is 0 Å². The molecule has 1 fully saturated rings. The Morgan fingerprint density at radius 1 is 1.33 bits per heavy atom. The minimum Gasteiger partial charge on any atom is -0.504 e. The lowest BCUT2D eigenvalue weighted by Gasteiger charge is -2.38. The normalized spacial score (nSPS) is 36.5. The van der Waals surface area contributed by atoms with E-state index in [1.807, 2.05) is 13.0 Å². The summed E-state index contributed by atoms with van der Waals surface area (Å²) < 4.78 is 6.09. The highest BCUT2D eigenvalue weighted by Gasteiger charge is 2.51. The summed E-state index contributed by atoms with van der Waals surface area (Å²) in [6, 6.07) is 3.89. The number of aliphatic hydroxyl groups excluding tert-OH is 2. The molecule has 4 unspecified atom stereocenters. The van der Waals surface area contributed by atoms with E-state index >= 15 is 0 Å². The van der Waals surface area contributed by atoms with Crippen molar-refractivity contribution in [1.82, 2.24) is 5.32 Å². The first kappa shape index (κ1) is 17.5. The van der Waals surface area contributed by atoms with E-state index in [1.54, 1.807) is 6.07 Å². The van der Waals surface area contributed by atoms with E-state index in [0.29, 0.717) is 11.8 Å². The van der Waals surface area contributed by atoms with E-state index in [1.165, 1.54) is 0 Å². The molecule has 24 heavy (non-hydrogen) atoms. The highest BCUT2D eigenvalue weighted by molar-refractivity contribution is 5.57. The summed E-state index contributed by atoms with van der Waals surface area (Å²) in [5, 5.41) is 34.5. The standard InChI is InChI=1S/C19H29NO4/c1-11-4-7-14(22)17-15(11)19(3)8-9-20-12(2)5-6-13(10-21)16(23)18(19)24-17/h4,7,12-13,16,18,20-23H,5-6,8-10H2,1-3H3/t12?,13?,16?,18-,19?/m0/s1. The molecule has 0 spiro atoms. The number of phenols is 1. The summed E-state index contributed by atoms with van der Waals surface area (Å²) in [4.78, 5) is 0. The molecule has 0 aromatic heterocycles. The number of ether oxygens (including phenoxy) is 1. The third-order valence-electron chi connectivity index (χ3n) is 5.92. The van der Waals surface area contributed by atoms with Crippen LogP contribution in [0.2, 0.25) is 0 Å². The number of aliphatic hydroxyl groups is 2. The van der Waals surface area contributed by atoms with Gasteiger partial charge in [0.1, 0.15) is 6.10 Å². The number of nitrogens with one attached hydrogen (secondary N) is 1. The Kier molecular flexibility index (Phi) is 4.78. The lowest BCUT2D eigenvalue weighted by Crippen LogP contribution is -2.50. The molecule has 1 aromatic carbocycles. The van der Waals surface area contributed by atoms with Gasteiger partial charge >= 0.3 is 0 Å². The summed E-state index contributed by atoms with van der Waals surface area (Å²) in [7, 11) is 0. The molecule has 5 atom stereocenters. The molecule has 1 saturated heterocycles. The number of aromatic hydroxyl groups is 1. The highest BCUT2D eigenvalue weighted by atomic mass is 16.5. The minimum atomic E-state index is -0.767. The number of benzene rings is 1. The van der Waals surface area contributed by atoms with Crippen molar-refractivity contribution in [1.29, 1.82) is 0 Å². The zero-order valence-electron chi connectivity index (χ0n) is 14.7. The zero-order valence-corrected chi connectivity index (χ0v) is 14.7. The fraction of sp³-hybridized carbons (Fsp3) is 0.684. The van der Waals surface area contributed by atoms with E-state index in [2.05, 4.69) is 19.2 Å². The molecule has 1 aromatic rings. The first-order valence-corrected chi connectivity index (χ1v) is 8.90. The Morgan fingerprint density at radius 3 is 2.79 bits per heavy atom. The zero-order chi connectivity index (χ0) is 17.5. The van der Waals surface area contributed by atoms with E-state index in [9.17, 15) is 15.3 Å². The SMILES string of the molecule is Cc1ccc(O)c2c1C1(C)CCNC(C)CCC(CO)C(O)[C@@H]1O2. The third-order valence-corrected chi connectivity index (χ3v) is 5.92. The maximum atomic E-state index is 11.0. The van der Waals surface area contributed by atoms with Crippen molar-refractivity contribution in [2.75, 3.05) is 13.2 Å². The van der Waals surface area contributed by atoms with E-state index in [4.69, 9.17) is 4.74 Å². The molecule has 2 aliphatic rings. The molecule has 134 valence electrons. The Hall–Kier alpha value is -1.30. The lowest BCUT2D eigenvalue weighted by atomic mass is 9.70. The van der Waals surface area contributed by atoms with Crippen LogP contribution in [0.3, 0.4) is 0 Å². The van der Waals surface area contributed by atoms with Gasteiger partial charge in [-0.25, -0.2) is 0 Å². The molecule has 0 aliphatic carbocycles. The highest BCUT2D eigenvalue weighted by Crippen LogP contribution is 2.52. The summed E-state index contributed by atoms with van der Waals surface area (Å²) in [5.41, 5.74) is 1.64. The van der Waals surface area contributed by atoms with Crippen LogP contribution in [0.4, 0.5) is 0 Å². The number of phenolic OH excluding ortho intramolecular Hbond substituents is 1. The molecule has 0 bridgehead atoms. The van der Waals surface area contributed by atoms with Crippen LogP contribution < -0.4 is 10.1 Å². The molecular weight excluding hydrogens is 306 g/mol. The third kappa shape index (κ3) is 2.79. The van der Waals surface area contributed by atoms with Crippen LogP contribution >= 0.6 is 0 Å². The van der Waals surface area contributed by atoms with Crippen LogP contribution in [-0.4, -0.2) is 46.7 Å². The van der Waals surface area contributed by atoms with E-state index in [-0.39, 0.29) is 18.3 Å². The van der Waals surface area contributed by atoms with Crippen LogP contribution in [0.25, 0.3) is 0 Å². The predicted octanol–water partition coefficient (Wildman–Crippen LogP) is 1.85. The summed E-state index contributed by atoms with van der Waals surface area (Å²) in [6.07, 6.45) is 1.21. The van der Waals surface area contributed by atoms with Gasteiger partial charge in [0.05, 0.1) is 6.10 Å². The molecule has 0 radical (unpaired) electrons. The van der Waals surface area contributed by atoms with Crippen molar-refractivity contribution >= 4 is 0 Å². The van der Waals surface area contributed by atoms with Gasteiger partial charge < -0.3 is 25.4 Å². The Labute approximate surface area is 143 Å². The minimum absolute atomic E-state index is 0.0643. The summed E-state index contributed by atoms with van der Waals surface area (Å²) in [5.74, 6) is 0.382. The van der Waals surface area contributed by atoms with Gasteiger partial charge in [0.15, 0.2) is 11.5 Å². The molecule has 5 nitrogen and oxygen atoms in total. The van der Waals surface area contributed by atoms with Crippen molar-refractivity contribution in [3.05, 3.63) is 23.3 Å². The monoisotopic (exact) mass is 335 g/mol. The number of hydrogen-bond donors (Lipinski definition) is 4. The largest absolute Gasteiger partial charge is 0.504 e. The van der Waals surface area contributed by atoms with Gasteiger partial charge in [0.2, 0.25) is 0 Å². The second-order valence-electron chi connectivity index (χ2n) is 7.68. The van der Waals surface area contributed by atoms with Gasteiger partial charge in [0, 0.05) is 29.5 Å². The molecule has 5 heteroatoms. The van der Waals surface area contributed by atoms with Crippen LogP contribution in [0.1, 0.15) is 44.2 Å². The van der Waals surface area contributed by atoms with Crippen molar-refractivity contribution in [2.45, 2.75) is 63.7 Å². The average Bonchev–Trinajstić information content (AvgIpc) is 2.85. The summed E-state index contributed by atoms with van der Waals surface area (Å²) >= 11 is 0. The quantitative estimate of drug-likeness (QED) is 0.630. The Balaban J connectivity index is 2.05.